The van der Waals surface area contributed by atoms with Gasteiger partial charge in [-0.05, 0) is 32.7 Å². The minimum atomic E-state index is 0. The smallest absolute Gasteiger partial charge is 0.191 e. The van der Waals surface area contributed by atoms with Crippen molar-refractivity contribution < 1.29 is 0 Å². The molecule has 3 unspecified atom stereocenters. The first-order valence-electron chi connectivity index (χ1n) is 6.75. The van der Waals surface area contributed by atoms with Crippen LogP contribution in [-0.2, 0) is 0 Å². The predicted molar refractivity (Wildman–Crippen MR) is 89.9 cm³/mol. The molecule has 18 heavy (non-hydrogen) atoms. The molecule has 1 fully saturated rings. The summed E-state index contributed by atoms with van der Waals surface area (Å²) in [5, 5.41) is 6.80. The quantitative estimate of drug-likeness (QED) is 0.428. The van der Waals surface area contributed by atoms with Gasteiger partial charge in [0, 0.05) is 32.2 Å². The van der Waals surface area contributed by atoms with Gasteiger partial charge in [0.25, 0.3) is 0 Å². The summed E-state index contributed by atoms with van der Waals surface area (Å²) in [5.41, 5.74) is 0. The van der Waals surface area contributed by atoms with Crippen molar-refractivity contribution in [3.05, 3.63) is 0 Å². The SMILES string of the molecule is CCC(C)N(C)CCNC(=NC)NC1CC1C.I. The van der Waals surface area contributed by atoms with Gasteiger partial charge in [-0.3, -0.25) is 4.99 Å². The van der Waals surface area contributed by atoms with E-state index in [1.165, 1.54) is 12.8 Å². The third kappa shape index (κ3) is 6.22. The van der Waals surface area contributed by atoms with Gasteiger partial charge >= 0.3 is 0 Å². The Bertz CT molecular complexity index is 257. The number of hydrogen-bond donors (Lipinski definition) is 2. The van der Waals surface area contributed by atoms with Gasteiger partial charge in [-0.25, -0.2) is 0 Å². The lowest BCUT2D eigenvalue weighted by atomic mass is 10.2. The van der Waals surface area contributed by atoms with Crippen molar-refractivity contribution in [3.63, 3.8) is 0 Å². The average molecular weight is 368 g/mol. The molecule has 0 aromatic rings. The molecule has 1 rings (SSSR count). The fourth-order valence-electron chi connectivity index (χ4n) is 1.78. The van der Waals surface area contributed by atoms with E-state index in [0.717, 1.165) is 25.0 Å². The third-order valence-corrected chi connectivity index (χ3v) is 3.76. The Hall–Kier alpha value is -0.0400. The Morgan fingerprint density at radius 3 is 2.56 bits per heavy atom. The molecule has 4 nitrogen and oxygen atoms in total. The fourth-order valence-corrected chi connectivity index (χ4v) is 1.78. The minimum absolute atomic E-state index is 0. The Kier molecular flexibility index (Phi) is 8.94. The molecule has 0 aromatic heterocycles. The van der Waals surface area contributed by atoms with Crippen LogP contribution in [0.15, 0.2) is 4.99 Å². The van der Waals surface area contributed by atoms with Crippen molar-refractivity contribution in [1.82, 2.24) is 15.5 Å². The van der Waals surface area contributed by atoms with Gasteiger partial charge in [0.05, 0.1) is 0 Å². The lowest BCUT2D eigenvalue weighted by Gasteiger charge is -2.24. The number of halogens is 1. The third-order valence-electron chi connectivity index (χ3n) is 3.76. The lowest BCUT2D eigenvalue weighted by Crippen LogP contribution is -2.43. The van der Waals surface area contributed by atoms with Crippen LogP contribution in [0.2, 0.25) is 0 Å². The molecule has 0 saturated heterocycles. The maximum absolute atomic E-state index is 4.24. The van der Waals surface area contributed by atoms with Crippen LogP contribution in [0.25, 0.3) is 0 Å². The Morgan fingerprint density at radius 1 is 1.50 bits per heavy atom. The molecule has 1 aliphatic rings. The number of guanidine groups is 1. The maximum atomic E-state index is 4.24. The zero-order valence-electron chi connectivity index (χ0n) is 12.4. The summed E-state index contributed by atoms with van der Waals surface area (Å²) >= 11 is 0. The van der Waals surface area contributed by atoms with Crippen molar-refractivity contribution in [1.29, 1.82) is 0 Å². The molecule has 108 valence electrons. The molecule has 0 amide bonds. The summed E-state index contributed by atoms with van der Waals surface area (Å²) in [5.74, 6) is 1.74. The Balaban J connectivity index is 0.00000289. The monoisotopic (exact) mass is 368 g/mol. The summed E-state index contributed by atoms with van der Waals surface area (Å²) in [4.78, 5) is 6.62. The van der Waals surface area contributed by atoms with Gasteiger partial charge in [0.1, 0.15) is 0 Å². The first-order valence-corrected chi connectivity index (χ1v) is 6.75. The standard InChI is InChI=1S/C13H28N4.HI/c1-6-11(3)17(5)8-7-15-13(14-4)16-12-9-10(12)2;/h10-12H,6-9H2,1-5H3,(H2,14,15,16);1H. The van der Waals surface area contributed by atoms with E-state index < -0.39 is 0 Å². The van der Waals surface area contributed by atoms with Crippen molar-refractivity contribution >= 4 is 29.9 Å². The molecule has 1 saturated carbocycles. The normalized spacial score (nSPS) is 24.4. The second kappa shape index (κ2) is 8.96. The Morgan fingerprint density at radius 2 is 2.11 bits per heavy atom. The summed E-state index contributed by atoms with van der Waals surface area (Å²) < 4.78 is 0. The van der Waals surface area contributed by atoms with E-state index in [1.54, 1.807) is 0 Å². The van der Waals surface area contributed by atoms with Crippen molar-refractivity contribution in [2.24, 2.45) is 10.9 Å². The van der Waals surface area contributed by atoms with Crippen LogP contribution in [0.4, 0.5) is 0 Å². The molecule has 0 bridgehead atoms. The first-order chi connectivity index (χ1) is 8.08. The highest BCUT2D eigenvalue weighted by Gasteiger charge is 2.33. The summed E-state index contributed by atoms with van der Waals surface area (Å²) in [7, 11) is 4.01. The highest BCUT2D eigenvalue weighted by atomic mass is 127. The molecular formula is C13H29IN4. The molecule has 0 aliphatic heterocycles. The lowest BCUT2D eigenvalue weighted by molar-refractivity contribution is 0.255. The van der Waals surface area contributed by atoms with Crippen LogP contribution in [0, 0.1) is 5.92 Å². The maximum Gasteiger partial charge on any atom is 0.191 e. The van der Waals surface area contributed by atoms with Crippen molar-refractivity contribution in [2.45, 2.75) is 45.7 Å². The van der Waals surface area contributed by atoms with Gasteiger partial charge in [-0.2, -0.15) is 0 Å². The molecule has 0 aromatic carbocycles. The topological polar surface area (TPSA) is 39.7 Å². The minimum Gasteiger partial charge on any atom is -0.355 e. The van der Waals surface area contributed by atoms with E-state index in [0.29, 0.717) is 12.1 Å². The van der Waals surface area contributed by atoms with Crippen LogP contribution in [0.5, 0.6) is 0 Å². The molecule has 0 heterocycles. The molecular weight excluding hydrogens is 339 g/mol. The first kappa shape index (κ1) is 18.0. The number of rotatable bonds is 6. The van der Waals surface area contributed by atoms with Gasteiger partial charge in [0.15, 0.2) is 5.96 Å². The number of nitrogens with one attached hydrogen (secondary N) is 2. The second-order valence-electron chi connectivity index (χ2n) is 5.20. The van der Waals surface area contributed by atoms with Crippen molar-refractivity contribution in [2.75, 3.05) is 27.2 Å². The number of aliphatic imine (C=N–C) groups is 1. The molecule has 2 N–H and O–H groups in total. The van der Waals surface area contributed by atoms with Crippen LogP contribution < -0.4 is 10.6 Å². The summed E-state index contributed by atoms with van der Waals surface area (Å²) in [6.07, 6.45) is 2.47. The van der Waals surface area contributed by atoms with E-state index in [4.69, 9.17) is 0 Å². The molecule has 0 radical (unpaired) electrons. The fraction of sp³-hybridized carbons (Fsp3) is 0.923. The van der Waals surface area contributed by atoms with Crippen LogP contribution >= 0.6 is 24.0 Å². The summed E-state index contributed by atoms with van der Waals surface area (Å²) in [6, 6.07) is 1.28. The molecule has 3 atom stereocenters. The number of likely N-dealkylation sites (N-methyl/N-ethyl adjacent to an activating group) is 1. The molecule has 1 aliphatic carbocycles. The zero-order valence-corrected chi connectivity index (χ0v) is 14.7. The zero-order chi connectivity index (χ0) is 12.8. The average Bonchev–Trinajstić information content (AvgIpc) is 3.02. The van der Waals surface area contributed by atoms with E-state index >= 15 is 0 Å². The molecule has 0 spiro atoms. The van der Waals surface area contributed by atoms with E-state index in [2.05, 4.69) is 48.3 Å². The number of nitrogens with zero attached hydrogens (tertiary/aromatic N) is 2. The van der Waals surface area contributed by atoms with Crippen LogP contribution in [0.3, 0.4) is 0 Å². The Labute approximate surface area is 129 Å². The van der Waals surface area contributed by atoms with Crippen molar-refractivity contribution in [3.8, 4) is 0 Å². The van der Waals surface area contributed by atoms with Crippen LogP contribution in [-0.4, -0.2) is 50.1 Å². The van der Waals surface area contributed by atoms with E-state index in [-0.39, 0.29) is 24.0 Å². The summed E-state index contributed by atoms with van der Waals surface area (Å²) in [6.45, 7) is 8.75. The highest BCUT2D eigenvalue weighted by molar-refractivity contribution is 14.0. The predicted octanol–water partition coefficient (Wildman–Crippen LogP) is 1.91. The van der Waals surface area contributed by atoms with Gasteiger partial charge in [-0.1, -0.05) is 13.8 Å². The van der Waals surface area contributed by atoms with Crippen LogP contribution in [0.1, 0.15) is 33.6 Å². The van der Waals surface area contributed by atoms with Gasteiger partial charge in [0.2, 0.25) is 0 Å². The number of hydrogen-bond acceptors (Lipinski definition) is 2. The van der Waals surface area contributed by atoms with Gasteiger partial charge in [-0.15, -0.1) is 24.0 Å². The second-order valence-corrected chi connectivity index (χ2v) is 5.20. The highest BCUT2D eigenvalue weighted by Crippen LogP contribution is 2.28. The van der Waals surface area contributed by atoms with E-state index in [1.807, 2.05) is 7.05 Å². The molecule has 5 heteroatoms. The van der Waals surface area contributed by atoms with Gasteiger partial charge < -0.3 is 15.5 Å². The largest absolute Gasteiger partial charge is 0.355 e. The van der Waals surface area contributed by atoms with E-state index in [9.17, 15) is 0 Å².